The van der Waals surface area contributed by atoms with Crippen molar-refractivity contribution < 1.29 is 9.53 Å². The van der Waals surface area contributed by atoms with Crippen LogP contribution in [-0.4, -0.2) is 22.8 Å². The van der Waals surface area contributed by atoms with E-state index in [1.807, 2.05) is 72.4 Å². The molecule has 0 saturated carbocycles. The third-order valence-corrected chi connectivity index (χ3v) is 4.35. The van der Waals surface area contributed by atoms with Crippen molar-refractivity contribution >= 4 is 5.91 Å². The van der Waals surface area contributed by atoms with Crippen molar-refractivity contribution in [3.8, 4) is 5.75 Å². The van der Waals surface area contributed by atoms with Crippen LogP contribution in [0.25, 0.3) is 0 Å². The van der Waals surface area contributed by atoms with E-state index >= 15 is 0 Å². The van der Waals surface area contributed by atoms with E-state index in [4.69, 9.17) is 4.74 Å². The van der Waals surface area contributed by atoms with E-state index in [-0.39, 0.29) is 11.9 Å². The zero-order valence-corrected chi connectivity index (χ0v) is 15.1. The summed E-state index contributed by atoms with van der Waals surface area (Å²) in [6.07, 6.45) is 4.45. The molecule has 1 N–H and O–H groups in total. The third-order valence-electron chi connectivity index (χ3n) is 4.35. The minimum absolute atomic E-state index is 0.0894. The smallest absolute Gasteiger partial charge is 0.251 e. The van der Waals surface area contributed by atoms with E-state index in [2.05, 4.69) is 10.4 Å². The number of hydrogen-bond acceptors (Lipinski definition) is 3. The van der Waals surface area contributed by atoms with Crippen LogP contribution in [-0.2, 0) is 6.54 Å². The van der Waals surface area contributed by atoms with Crippen molar-refractivity contribution in [1.82, 2.24) is 15.1 Å². The lowest BCUT2D eigenvalue weighted by molar-refractivity contribution is 0.0935. The number of hydrogen-bond donors (Lipinski definition) is 1. The summed E-state index contributed by atoms with van der Waals surface area (Å²) in [5.41, 5.74) is 2.73. The molecule has 0 fully saturated rings. The molecule has 2 aromatic carbocycles. The van der Waals surface area contributed by atoms with Gasteiger partial charge in [-0.15, -0.1) is 0 Å². The van der Waals surface area contributed by atoms with E-state index in [9.17, 15) is 4.79 Å². The Labute approximate surface area is 153 Å². The van der Waals surface area contributed by atoms with Gasteiger partial charge < -0.3 is 10.1 Å². The van der Waals surface area contributed by atoms with Gasteiger partial charge in [-0.3, -0.25) is 9.48 Å². The van der Waals surface area contributed by atoms with E-state index in [1.165, 1.54) is 0 Å². The number of nitrogens with zero attached hydrogens (tertiary/aromatic N) is 2. The molecule has 1 aromatic heterocycles. The predicted octanol–water partition coefficient (Wildman–Crippen LogP) is 3.82. The van der Waals surface area contributed by atoms with E-state index in [1.54, 1.807) is 13.3 Å². The Hall–Kier alpha value is -3.08. The first-order chi connectivity index (χ1) is 12.7. The first-order valence-electron chi connectivity index (χ1n) is 8.71. The molecule has 0 radical (unpaired) electrons. The summed E-state index contributed by atoms with van der Waals surface area (Å²) in [6, 6.07) is 17.2. The van der Waals surface area contributed by atoms with Gasteiger partial charge >= 0.3 is 0 Å². The molecule has 1 amide bonds. The number of nitrogens with one attached hydrogen (secondary N) is 1. The van der Waals surface area contributed by atoms with Crippen LogP contribution in [0.4, 0.5) is 0 Å². The predicted molar refractivity (Wildman–Crippen MR) is 101 cm³/mol. The van der Waals surface area contributed by atoms with Crippen LogP contribution in [0.3, 0.4) is 0 Å². The minimum Gasteiger partial charge on any atom is -0.496 e. The molecular formula is C21H23N3O2. The van der Waals surface area contributed by atoms with Gasteiger partial charge in [0, 0.05) is 23.5 Å². The topological polar surface area (TPSA) is 56.2 Å². The number of aromatic nitrogens is 2. The second-order valence-electron chi connectivity index (χ2n) is 6.08. The molecule has 134 valence electrons. The van der Waals surface area contributed by atoms with Gasteiger partial charge in [0.1, 0.15) is 5.75 Å². The summed E-state index contributed by atoms with van der Waals surface area (Å²) in [6.45, 7) is 2.73. The summed E-state index contributed by atoms with van der Waals surface area (Å²) in [7, 11) is 1.64. The Bertz CT molecular complexity index is 842. The zero-order chi connectivity index (χ0) is 18.4. The molecule has 26 heavy (non-hydrogen) atoms. The van der Waals surface area contributed by atoms with Crippen LogP contribution >= 0.6 is 0 Å². The fourth-order valence-corrected chi connectivity index (χ4v) is 2.94. The van der Waals surface area contributed by atoms with Crippen molar-refractivity contribution in [2.45, 2.75) is 25.9 Å². The van der Waals surface area contributed by atoms with Crippen LogP contribution in [0.15, 0.2) is 67.0 Å². The fraction of sp³-hybridized carbons (Fsp3) is 0.238. The van der Waals surface area contributed by atoms with Crippen LogP contribution < -0.4 is 10.1 Å². The monoisotopic (exact) mass is 349 g/mol. The Balaban J connectivity index is 1.70. The van der Waals surface area contributed by atoms with Gasteiger partial charge in [-0.2, -0.15) is 5.10 Å². The highest BCUT2D eigenvalue weighted by molar-refractivity contribution is 5.94. The number of methoxy groups -OCH3 is 1. The van der Waals surface area contributed by atoms with Gasteiger partial charge in [-0.25, -0.2) is 0 Å². The maximum Gasteiger partial charge on any atom is 0.251 e. The molecule has 3 aromatic rings. The van der Waals surface area contributed by atoms with Crippen LogP contribution in [0, 0.1) is 0 Å². The maximum absolute atomic E-state index is 12.6. The summed E-state index contributed by atoms with van der Waals surface area (Å²) < 4.78 is 7.27. The second kappa shape index (κ2) is 8.34. The van der Waals surface area contributed by atoms with Crippen LogP contribution in [0.5, 0.6) is 5.75 Å². The molecule has 5 nitrogen and oxygen atoms in total. The number of rotatable bonds is 7. The summed E-state index contributed by atoms with van der Waals surface area (Å²) >= 11 is 0. The van der Waals surface area contributed by atoms with Gasteiger partial charge in [0.2, 0.25) is 0 Å². The fourth-order valence-electron chi connectivity index (χ4n) is 2.94. The highest BCUT2D eigenvalue weighted by Gasteiger charge is 2.17. The van der Waals surface area contributed by atoms with Crippen LogP contribution in [0.1, 0.15) is 40.9 Å². The number of carbonyl (C=O) groups excluding carboxylic acids is 1. The Morgan fingerprint density at radius 2 is 1.92 bits per heavy atom. The molecule has 0 spiro atoms. The largest absolute Gasteiger partial charge is 0.496 e. The normalized spacial score (nSPS) is 11.8. The van der Waals surface area contributed by atoms with Crippen molar-refractivity contribution in [2.24, 2.45) is 0 Å². The van der Waals surface area contributed by atoms with Gasteiger partial charge in [-0.1, -0.05) is 37.3 Å². The highest BCUT2D eigenvalue weighted by Crippen LogP contribution is 2.27. The van der Waals surface area contributed by atoms with Crippen molar-refractivity contribution in [1.29, 1.82) is 0 Å². The third kappa shape index (κ3) is 4.11. The average Bonchev–Trinajstić information content (AvgIpc) is 3.19. The summed E-state index contributed by atoms with van der Waals surface area (Å²) in [5.74, 6) is 0.697. The lowest BCUT2D eigenvalue weighted by Crippen LogP contribution is -2.28. The first kappa shape index (κ1) is 17.7. The highest BCUT2D eigenvalue weighted by atomic mass is 16.5. The standard InChI is InChI=1S/C21H23N3O2/c1-3-19(18-7-4-5-8-20(18)26-2)23-21(25)17-11-9-16(10-12-17)15-24-14-6-13-22-24/h4-14,19H,3,15H2,1-2H3,(H,23,25). The average molecular weight is 349 g/mol. The molecule has 0 bridgehead atoms. The lowest BCUT2D eigenvalue weighted by atomic mass is 10.0. The number of ether oxygens (including phenoxy) is 1. The number of benzene rings is 2. The Kier molecular flexibility index (Phi) is 5.69. The molecular weight excluding hydrogens is 326 g/mol. The molecule has 5 heteroatoms. The molecule has 3 rings (SSSR count). The number of para-hydroxylation sites is 1. The first-order valence-corrected chi connectivity index (χ1v) is 8.71. The van der Waals surface area contributed by atoms with Crippen molar-refractivity contribution in [3.05, 3.63) is 83.7 Å². The van der Waals surface area contributed by atoms with E-state index in [0.29, 0.717) is 12.1 Å². The van der Waals surface area contributed by atoms with Crippen molar-refractivity contribution in [3.63, 3.8) is 0 Å². The molecule has 0 aliphatic heterocycles. The summed E-state index contributed by atoms with van der Waals surface area (Å²) in [5, 5.41) is 7.30. The number of amides is 1. The molecule has 0 aliphatic rings. The maximum atomic E-state index is 12.6. The SMILES string of the molecule is CCC(NC(=O)c1ccc(Cn2cccn2)cc1)c1ccccc1OC. The summed E-state index contributed by atoms with van der Waals surface area (Å²) in [4.78, 5) is 12.6. The molecule has 1 unspecified atom stereocenters. The van der Waals surface area contributed by atoms with E-state index < -0.39 is 0 Å². The quantitative estimate of drug-likeness (QED) is 0.705. The van der Waals surface area contributed by atoms with Crippen LogP contribution in [0.2, 0.25) is 0 Å². The van der Waals surface area contributed by atoms with E-state index in [0.717, 1.165) is 23.3 Å². The molecule has 0 aliphatic carbocycles. The second-order valence-corrected chi connectivity index (χ2v) is 6.08. The van der Waals surface area contributed by atoms with Crippen molar-refractivity contribution in [2.75, 3.05) is 7.11 Å². The van der Waals surface area contributed by atoms with Gasteiger partial charge in [0.05, 0.1) is 19.7 Å². The lowest BCUT2D eigenvalue weighted by Gasteiger charge is -2.20. The zero-order valence-electron chi connectivity index (χ0n) is 15.1. The van der Waals surface area contributed by atoms with Gasteiger partial charge in [0.25, 0.3) is 5.91 Å². The number of carbonyl (C=O) groups is 1. The van der Waals surface area contributed by atoms with Gasteiger partial charge in [-0.05, 0) is 36.2 Å². The molecule has 1 atom stereocenters. The Morgan fingerprint density at radius 1 is 1.15 bits per heavy atom. The Morgan fingerprint density at radius 3 is 2.58 bits per heavy atom. The minimum atomic E-state index is -0.0950. The molecule has 1 heterocycles. The molecule has 0 saturated heterocycles. The van der Waals surface area contributed by atoms with Gasteiger partial charge in [0.15, 0.2) is 0 Å².